The highest BCUT2D eigenvalue weighted by Gasteiger charge is 2.45. The first-order valence-electron chi connectivity index (χ1n) is 5.34. The molecule has 0 amide bonds. The Balaban J connectivity index is 2.17. The Bertz CT molecular complexity index is 439. The number of nitrogens with zero attached hydrogens (tertiary/aromatic N) is 1. The lowest BCUT2D eigenvalue weighted by atomic mass is 10.1. The monoisotopic (exact) mass is 259 g/mol. The SMILES string of the molecule is COC(=N)c1ncc([C@@H]2O[C@H](CO)[C@@H](O)[C@H]2F)[nH]1. The molecule has 0 bridgehead atoms. The van der Waals surface area contributed by atoms with Crippen molar-refractivity contribution in [3.8, 4) is 0 Å². The van der Waals surface area contributed by atoms with Crippen LogP contribution >= 0.6 is 0 Å². The van der Waals surface area contributed by atoms with Crippen molar-refractivity contribution in [3.05, 3.63) is 17.7 Å². The first kappa shape index (κ1) is 12.9. The molecule has 0 aromatic carbocycles. The minimum absolute atomic E-state index is 0.144. The van der Waals surface area contributed by atoms with Gasteiger partial charge >= 0.3 is 0 Å². The van der Waals surface area contributed by atoms with Gasteiger partial charge in [-0.05, 0) is 0 Å². The Morgan fingerprint density at radius 3 is 3.00 bits per heavy atom. The molecule has 100 valence electrons. The van der Waals surface area contributed by atoms with E-state index in [1.54, 1.807) is 0 Å². The molecule has 4 atom stereocenters. The van der Waals surface area contributed by atoms with Crippen LogP contribution in [0, 0.1) is 5.41 Å². The van der Waals surface area contributed by atoms with Crippen LogP contribution in [0.3, 0.4) is 0 Å². The summed E-state index contributed by atoms with van der Waals surface area (Å²) in [5.41, 5.74) is 0.286. The van der Waals surface area contributed by atoms with E-state index >= 15 is 0 Å². The maximum Gasteiger partial charge on any atom is 0.249 e. The van der Waals surface area contributed by atoms with Crippen LogP contribution in [0.25, 0.3) is 0 Å². The minimum Gasteiger partial charge on any atom is -0.479 e. The first-order chi connectivity index (χ1) is 8.58. The molecule has 1 aromatic heterocycles. The van der Waals surface area contributed by atoms with Gasteiger partial charge in [0.25, 0.3) is 0 Å². The highest BCUT2D eigenvalue weighted by molar-refractivity contribution is 5.87. The number of halogens is 1. The Labute approximate surface area is 102 Å². The Morgan fingerprint density at radius 1 is 1.72 bits per heavy atom. The van der Waals surface area contributed by atoms with Gasteiger partial charge in [-0.15, -0.1) is 0 Å². The molecule has 7 nitrogen and oxygen atoms in total. The van der Waals surface area contributed by atoms with Crippen LogP contribution in [0.4, 0.5) is 4.39 Å². The molecule has 2 rings (SSSR count). The molecule has 1 aliphatic heterocycles. The van der Waals surface area contributed by atoms with Gasteiger partial charge in [0.2, 0.25) is 5.90 Å². The van der Waals surface area contributed by atoms with Crippen molar-refractivity contribution in [1.29, 1.82) is 5.41 Å². The Morgan fingerprint density at radius 2 is 2.44 bits per heavy atom. The van der Waals surface area contributed by atoms with Crippen molar-refractivity contribution < 1.29 is 24.1 Å². The van der Waals surface area contributed by atoms with Crippen molar-refractivity contribution in [1.82, 2.24) is 9.97 Å². The lowest BCUT2D eigenvalue weighted by Gasteiger charge is -2.10. The van der Waals surface area contributed by atoms with E-state index in [0.29, 0.717) is 0 Å². The fraction of sp³-hybridized carbons (Fsp3) is 0.600. The van der Waals surface area contributed by atoms with Crippen molar-refractivity contribution in [2.45, 2.75) is 24.5 Å². The second-order valence-corrected chi connectivity index (χ2v) is 3.93. The van der Waals surface area contributed by atoms with Crippen molar-refractivity contribution in [3.63, 3.8) is 0 Å². The number of nitrogens with one attached hydrogen (secondary N) is 2. The van der Waals surface area contributed by atoms with E-state index in [9.17, 15) is 9.50 Å². The van der Waals surface area contributed by atoms with Gasteiger partial charge < -0.3 is 24.7 Å². The zero-order valence-corrected chi connectivity index (χ0v) is 9.63. The lowest BCUT2D eigenvalue weighted by molar-refractivity contribution is -0.0236. The molecule has 1 aromatic rings. The highest BCUT2D eigenvalue weighted by atomic mass is 19.1. The second-order valence-electron chi connectivity index (χ2n) is 3.93. The van der Waals surface area contributed by atoms with Crippen molar-refractivity contribution in [2.75, 3.05) is 13.7 Å². The summed E-state index contributed by atoms with van der Waals surface area (Å²) in [6, 6.07) is 0. The Hall–Kier alpha value is -1.51. The largest absolute Gasteiger partial charge is 0.479 e. The number of aliphatic hydroxyl groups is 2. The highest BCUT2D eigenvalue weighted by Crippen LogP contribution is 2.34. The number of rotatable bonds is 3. The minimum atomic E-state index is -1.66. The first-order valence-corrected chi connectivity index (χ1v) is 5.34. The van der Waals surface area contributed by atoms with E-state index in [-0.39, 0.29) is 17.4 Å². The topological polar surface area (TPSA) is 111 Å². The molecule has 0 radical (unpaired) electrons. The third-order valence-corrected chi connectivity index (χ3v) is 2.82. The molecule has 4 N–H and O–H groups in total. The third-order valence-electron chi connectivity index (χ3n) is 2.82. The maximum atomic E-state index is 13.8. The van der Waals surface area contributed by atoms with Gasteiger partial charge in [0, 0.05) is 0 Å². The average molecular weight is 259 g/mol. The lowest BCUT2D eigenvalue weighted by Crippen LogP contribution is -2.30. The number of aromatic amines is 1. The molecule has 1 aliphatic rings. The van der Waals surface area contributed by atoms with Crippen LogP contribution < -0.4 is 0 Å². The number of ether oxygens (including phenoxy) is 2. The van der Waals surface area contributed by atoms with Gasteiger partial charge in [0.15, 0.2) is 12.0 Å². The smallest absolute Gasteiger partial charge is 0.249 e. The number of hydrogen-bond donors (Lipinski definition) is 4. The second kappa shape index (κ2) is 5.01. The predicted octanol–water partition coefficient (Wildman–Crippen LogP) is -0.487. The van der Waals surface area contributed by atoms with Gasteiger partial charge in [0.05, 0.1) is 25.6 Å². The molecule has 8 heteroatoms. The van der Waals surface area contributed by atoms with Gasteiger partial charge in [-0.25, -0.2) is 9.37 Å². The van der Waals surface area contributed by atoms with Crippen LogP contribution in [0.2, 0.25) is 0 Å². The molecule has 0 saturated carbocycles. The van der Waals surface area contributed by atoms with E-state index < -0.39 is 31.1 Å². The van der Waals surface area contributed by atoms with E-state index in [4.69, 9.17) is 15.3 Å². The van der Waals surface area contributed by atoms with Gasteiger partial charge in [-0.3, -0.25) is 5.41 Å². The van der Waals surface area contributed by atoms with E-state index in [2.05, 4.69) is 14.7 Å². The van der Waals surface area contributed by atoms with E-state index in [1.807, 2.05) is 0 Å². The van der Waals surface area contributed by atoms with Crippen molar-refractivity contribution in [2.24, 2.45) is 0 Å². The summed E-state index contributed by atoms with van der Waals surface area (Å²) < 4.78 is 23.6. The van der Waals surface area contributed by atoms with Crippen LogP contribution in [0.15, 0.2) is 6.20 Å². The predicted molar refractivity (Wildman–Crippen MR) is 58.0 cm³/mol. The molecule has 1 saturated heterocycles. The summed E-state index contributed by atoms with van der Waals surface area (Å²) in [6.45, 7) is -0.465. The number of H-pyrrole nitrogens is 1. The fourth-order valence-electron chi connectivity index (χ4n) is 1.82. The summed E-state index contributed by atoms with van der Waals surface area (Å²) in [5.74, 6) is -0.0425. The molecule has 0 spiro atoms. The molecule has 1 fully saturated rings. The molecule has 2 heterocycles. The van der Waals surface area contributed by atoms with Gasteiger partial charge in [-0.2, -0.15) is 0 Å². The number of hydrogen-bond acceptors (Lipinski definition) is 6. The van der Waals surface area contributed by atoms with Crippen LogP contribution in [0.5, 0.6) is 0 Å². The average Bonchev–Trinajstić information content (AvgIpc) is 2.96. The summed E-state index contributed by atoms with van der Waals surface area (Å²) in [4.78, 5) is 6.53. The molecular formula is C10H14FN3O4. The summed E-state index contributed by atoms with van der Waals surface area (Å²) in [7, 11) is 1.32. The van der Waals surface area contributed by atoms with Gasteiger partial charge in [0.1, 0.15) is 18.3 Å². The van der Waals surface area contributed by atoms with Crippen LogP contribution in [-0.4, -0.2) is 58.2 Å². The van der Waals surface area contributed by atoms with E-state index in [1.165, 1.54) is 13.3 Å². The van der Waals surface area contributed by atoms with Crippen molar-refractivity contribution >= 4 is 5.90 Å². The summed E-state index contributed by atoms with van der Waals surface area (Å²) in [6.07, 6.45) is -3.73. The van der Waals surface area contributed by atoms with Crippen LogP contribution in [0.1, 0.15) is 17.6 Å². The molecule has 0 aliphatic carbocycles. The summed E-state index contributed by atoms with van der Waals surface area (Å²) >= 11 is 0. The van der Waals surface area contributed by atoms with Crippen LogP contribution in [-0.2, 0) is 9.47 Å². The standard InChI is InChI=1S/C10H14FN3O4/c1-17-9(12)10-13-2-4(14-10)8-6(11)7(16)5(3-15)18-8/h2,5-8,12,15-16H,3H2,1H3,(H,13,14)/t5-,6-,7-,8+/m1/s1. The number of imidazole rings is 1. The third kappa shape index (κ3) is 2.09. The zero-order valence-electron chi connectivity index (χ0n) is 9.63. The number of aliphatic hydroxyl groups excluding tert-OH is 2. The maximum absolute atomic E-state index is 13.8. The number of alkyl halides is 1. The van der Waals surface area contributed by atoms with E-state index in [0.717, 1.165) is 0 Å². The van der Waals surface area contributed by atoms with Gasteiger partial charge in [-0.1, -0.05) is 0 Å². The summed E-state index contributed by atoms with van der Waals surface area (Å²) in [5, 5.41) is 25.8. The zero-order chi connectivity index (χ0) is 13.3. The molecular weight excluding hydrogens is 245 g/mol. The quantitative estimate of drug-likeness (QED) is 0.432. The number of aromatic nitrogens is 2. The molecule has 0 unspecified atom stereocenters. The molecule has 18 heavy (non-hydrogen) atoms. The normalized spacial score (nSPS) is 31.6. The number of methoxy groups -OCH3 is 1. The Kier molecular flexibility index (Phi) is 3.60. The fourth-order valence-corrected chi connectivity index (χ4v) is 1.82.